The van der Waals surface area contributed by atoms with Crippen LogP contribution in [0.5, 0.6) is 5.75 Å². The van der Waals surface area contributed by atoms with Crippen LogP contribution in [0.4, 0.5) is 0 Å². The number of hydrogen-bond acceptors (Lipinski definition) is 6. The number of carbonyl (C=O) groups excluding carboxylic acids is 2. The first kappa shape index (κ1) is 19.9. The largest absolute Gasteiger partial charge is 0.491 e. The molecular formula is C21H25NO6. The summed E-state index contributed by atoms with van der Waals surface area (Å²) in [5.41, 5.74) is 0.363. The maximum Gasteiger partial charge on any atom is 0.338 e. The van der Waals surface area contributed by atoms with Crippen LogP contribution in [-0.4, -0.2) is 49.7 Å². The van der Waals surface area contributed by atoms with E-state index in [1.54, 1.807) is 31.3 Å². The van der Waals surface area contributed by atoms with Crippen LogP contribution in [0.1, 0.15) is 34.7 Å². The second kappa shape index (κ2) is 9.41. The van der Waals surface area contributed by atoms with E-state index in [4.69, 9.17) is 18.6 Å². The number of nitrogens with zero attached hydrogens (tertiary/aromatic N) is 1. The van der Waals surface area contributed by atoms with Crippen LogP contribution >= 0.6 is 0 Å². The van der Waals surface area contributed by atoms with Gasteiger partial charge in [-0.15, -0.1) is 0 Å². The van der Waals surface area contributed by atoms with E-state index in [1.165, 1.54) is 4.90 Å². The fourth-order valence-electron chi connectivity index (χ4n) is 2.87. The summed E-state index contributed by atoms with van der Waals surface area (Å²) in [5.74, 6) is 1.26. The minimum absolute atomic E-state index is 0.137. The van der Waals surface area contributed by atoms with Gasteiger partial charge in [0.05, 0.1) is 18.2 Å². The van der Waals surface area contributed by atoms with Crippen molar-refractivity contribution in [2.45, 2.75) is 32.4 Å². The molecule has 28 heavy (non-hydrogen) atoms. The fraction of sp³-hybridized carbons (Fsp3) is 0.429. The summed E-state index contributed by atoms with van der Waals surface area (Å²) in [6.07, 6.45) is 2.21. The molecule has 1 amide bonds. The van der Waals surface area contributed by atoms with Crippen molar-refractivity contribution in [1.82, 2.24) is 4.90 Å². The average molecular weight is 387 g/mol. The topological polar surface area (TPSA) is 78.2 Å². The first-order chi connectivity index (χ1) is 13.5. The summed E-state index contributed by atoms with van der Waals surface area (Å²) in [6.45, 7) is 3.12. The predicted octanol–water partition coefficient (Wildman–Crippen LogP) is 2.96. The highest BCUT2D eigenvalue weighted by molar-refractivity contribution is 5.91. The van der Waals surface area contributed by atoms with E-state index in [-0.39, 0.29) is 18.6 Å². The van der Waals surface area contributed by atoms with Crippen LogP contribution in [0, 0.1) is 6.92 Å². The van der Waals surface area contributed by atoms with E-state index >= 15 is 0 Å². The van der Waals surface area contributed by atoms with E-state index in [9.17, 15) is 9.59 Å². The first-order valence-corrected chi connectivity index (χ1v) is 9.32. The first-order valence-electron chi connectivity index (χ1n) is 9.32. The highest BCUT2D eigenvalue weighted by Gasteiger charge is 2.17. The van der Waals surface area contributed by atoms with E-state index in [0.29, 0.717) is 30.2 Å². The van der Waals surface area contributed by atoms with E-state index in [0.717, 1.165) is 25.2 Å². The van der Waals surface area contributed by atoms with Crippen LogP contribution < -0.4 is 4.74 Å². The van der Waals surface area contributed by atoms with E-state index in [1.807, 2.05) is 19.1 Å². The van der Waals surface area contributed by atoms with Crippen LogP contribution in [0.2, 0.25) is 0 Å². The number of likely N-dealkylation sites (N-methyl/N-ethyl adjacent to an activating group) is 1. The Hall–Kier alpha value is -2.80. The van der Waals surface area contributed by atoms with Crippen LogP contribution in [-0.2, 0) is 20.8 Å². The van der Waals surface area contributed by atoms with Crippen molar-refractivity contribution < 1.29 is 28.2 Å². The van der Waals surface area contributed by atoms with Gasteiger partial charge in [-0.1, -0.05) is 0 Å². The van der Waals surface area contributed by atoms with Crippen molar-refractivity contribution in [2.24, 2.45) is 0 Å². The highest BCUT2D eigenvalue weighted by atomic mass is 16.5. The lowest BCUT2D eigenvalue weighted by Crippen LogP contribution is -2.30. The summed E-state index contributed by atoms with van der Waals surface area (Å²) in [4.78, 5) is 25.7. The zero-order chi connectivity index (χ0) is 19.9. The van der Waals surface area contributed by atoms with Gasteiger partial charge in [0.25, 0.3) is 5.91 Å². The van der Waals surface area contributed by atoms with Crippen molar-refractivity contribution in [1.29, 1.82) is 0 Å². The van der Waals surface area contributed by atoms with Gasteiger partial charge in [-0.2, -0.15) is 0 Å². The van der Waals surface area contributed by atoms with Crippen molar-refractivity contribution in [2.75, 3.05) is 26.9 Å². The maximum atomic E-state index is 12.1. The third-order valence-electron chi connectivity index (χ3n) is 4.49. The van der Waals surface area contributed by atoms with Gasteiger partial charge < -0.3 is 23.5 Å². The number of furan rings is 1. The lowest BCUT2D eigenvalue weighted by molar-refractivity contribution is -0.134. The number of carbonyl (C=O) groups is 2. The van der Waals surface area contributed by atoms with Gasteiger partial charge in [0.15, 0.2) is 6.61 Å². The van der Waals surface area contributed by atoms with Gasteiger partial charge in [-0.05, 0) is 56.2 Å². The standard InChI is InChI=1S/C21H25NO6/c1-15-5-8-18(28-15)12-22(2)20(23)14-27-21(24)16-6-9-17(10-7-16)26-13-19-4-3-11-25-19/h5-10,19H,3-4,11-14H2,1-2H3. The molecule has 2 aromatic rings. The molecule has 0 bridgehead atoms. The zero-order valence-corrected chi connectivity index (χ0v) is 16.2. The lowest BCUT2D eigenvalue weighted by atomic mass is 10.2. The Morgan fingerprint density at radius 2 is 1.96 bits per heavy atom. The van der Waals surface area contributed by atoms with Gasteiger partial charge in [-0.25, -0.2) is 4.79 Å². The molecule has 1 aromatic heterocycles. The van der Waals surface area contributed by atoms with E-state index < -0.39 is 5.97 Å². The zero-order valence-electron chi connectivity index (χ0n) is 16.2. The number of hydrogen-bond donors (Lipinski definition) is 0. The quantitative estimate of drug-likeness (QED) is 0.648. The molecule has 1 saturated heterocycles. The van der Waals surface area contributed by atoms with Gasteiger partial charge in [0.1, 0.15) is 23.9 Å². The van der Waals surface area contributed by atoms with Gasteiger partial charge in [-0.3, -0.25) is 4.79 Å². The minimum atomic E-state index is -0.554. The Morgan fingerprint density at radius 3 is 2.61 bits per heavy atom. The molecule has 1 unspecified atom stereocenters. The molecule has 0 spiro atoms. The molecule has 0 radical (unpaired) electrons. The predicted molar refractivity (Wildman–Crippen MR) is 101 cm³/mol. The molecule has 0 aliphatic carbocycles. The minimum Gasteiger partial charge on any atom is -0.491 e. The molecule has 0 saturated carbocycles. The second-order valence-electron chi connectivity index (χ2n) is 6.81. The maximum absolute atomic E-state index is 12.1. The molecule has 3 rings (SSSR count). The number of aryl methyl sites for hydroxylation is 1. The molecule has 1 fully saturated rings. The fourth-order valence-corrected chi connectivity index (χ4v) is 2.87. The molecule has 1 aliphatic rings. The molecule has 1 aliphatic heterocycles. The third kappa shape index (κ3) is 5.60. The molecular weight excluding hydrogens is 362 g/mol. The van der Waals surface area contributed by atoms with Gasteiger partial charge in [0, 0.05) is 13.7 Å². The number of esters is 1. The van der Waals surface area contributed by atoms with Gasteiger partial charge >= 0.3 is 5.97 Å². The summed E-state index contributed by atoms with van der Waals surface area (Å²) in [6, 6.07) is 10.3. The Kier molecular flexibility index (Phi) is 6.71. The summed E-state index contributed by atoms with van der Waals surface area (Å²) in [5, 5.41) is 0. The monoisotopic (exact) mass is 387 g/mol. The lowest BCUT2D eigenvalue weighted by Gasteiger charge is -2.15. The Bertz CT molecular complexity index is 791. The Labute approximate surface area is 164 Å². The number of amides is 1. The van der Waals surface area contributed by atoms with Crippen LogP contribution in [0.3, 0.4) is 0 Å². The smallest absolute Gasteiger partial charge is 0.338 e. The summed E-state index contributed by atoms with van der Waals surface area (Å²) >= 11 is 0. The molecule has 7 nitrogen and oxygen atoms in total. The van der Waals surface area contributed by atoms with E-state index in [2.05, 4.69) is 0 Å². The average Bonchev–Trinajstić information content (AvgIpc) is 3.36. The van der Waals surface area contributed by atoms with Crippen LogP contribution in [0.25, 0.3) is 0 Å². The van der Waals surface area contributed by atoms with Crippen molar-refractivity contribution in [3.05, 3.63) is 53.5 Å². The normalized spacial score (nSPS) is 16.0. The molecule has 1 aromatic carbocycles. The molecule has 150 valence electrons. The molecule has 7 heteroatoms. The number of ether oxygens (including phenoxy) is 3. The highest BCUT2D eigenvalue weighted by Crippen LogP contribution is 2.17. The van der Waals surface area contributed by atoms with Crippen LogP contribution in [0.15, 0.2) is 40.8 Å². The summed E-state index contributed by atoms with van der Waals surface area (Å²) < 4.78 is 21.7. The second-order valence-corrected chi connectivity index (χ2v) is 6.81. The number of rotatable bonds is 8. The molecule has 2 heterocycles. The third-order valence-corrected chi connectivity index (χ3v) is 4.49. The van der Waals surface area contributed by atoms with Crippen molar-refractivity contribution in [3.8, 4) is 5.75 Å². The summed E-state index contributed by atoms with van der Waals surface area (Å²) in [7, 11) is 1.63. The molecule has 0 N–H and O–H groups in total. The van der Waals surface area contributed by atoms with Crippen molar-refractivity contribution in [3.63, 3.8) is 0 Å². The van der Waals surface area contributed by atoms with Crippen molar-refractivity contribution >= 4 is 11.9 Å². The Morgan fingerprint density at radius 1 is 1.18 bits per heavy atom. The Balaban J connectivity index is 1.42. The van der Waals surface area contributed by atoms with Gasteiger partial charge in [0.2, 0.25) is 0 Å². The number of benzene rings is 1. The molecule has 1 atom stereocenters. The SMILES string of the molecule is Cc1ccc(CN(C)C(=O)COC(=O)c2ccc(OCC3CCCO3)cc2)o1.